The van der Waals surface area contributed by atoms with E-state index in [0.29, 0.717) is 6.54 Å². The van der Waals surface area contributed by atoms with Crippen LogP contribution in [0.5, 0.6) is 0 Å². The topological polar surface area (TPSA) is 50.4 Å². The van der Waals surface area contributed by atoms with Crippen LogP contribution in [0.25, 0.3) is 0 Å². The fourth-order valence-corrected chi connectivity index (χ4v) is 1.89. The Kier molecular flexibility index (Phi) is 20.1. The molecule has 1 unspecified atom stereocenters. The van der Waals surface area contributed by atoms with Crippen LogP contribution in [-0.4, -0.2) is 32.3 Å². The van der Waals surface area contributed by atoms with Gasteiger partial charge in [0.2, 0.25) is 0 Å². The Hall–Kier alpha value is -1.03. The molecule has 0 spiro atoms. The van der Waals surface area contributed by atoms with Gasteiger partial charge in [-0.15, -0.1) is 0 Å². The Morgan fingerprint density at radius 1 is 1.10 bits per heavy atom. The van der Waals surface area contributed by atoms with E-state index in [9.17, 15) is 4.79 Å². The van der Waals surface area contributed by atoms with Crippen LogP contribution in [0.15, 0.2) is 12.2 Å². The molecule has 126 valence electrons. The zero-order chi connectivity index (χ0) is 16.3. The highest BCUT2D eigenvalue weighted by Crippen LogP contribution is 2.15. The molecule has 0 saturated carbocycles. The second kappa shape index (κ2) is 19.0. The van der Waals surface area contributed by atoms with E-state index in [1.54, 1.807) is 0 Å². The molecule has 0 saturated heterocycles. The summed E-state index contributed by atoms with van der Waals surface area (Å²) in [6.45, 7) is 9.58. The van der Waals surface area contributed by atoms with Gasteiger partial charge in [0.1, 0.15) is 6.10 Å². The van der Waals surface area contributed by atoms with Crippen LogP contribution in [0.4, 0.5) is 4.79 Å². The Morgan fingerprint density at radius 3 is 2.43 bits per heavy atom. The monoisotopic (exact) mass is 300 g/mol. The first-order chi connectivity index (χ1) is 10.3. The SMILES string of the molecule is CC.CC.CNCCCNC(=O)OC1CC/C=C/CCC1. The van der Waals surface area contributed by atoms with Crippen LogP contribution in [0.3, 0.4) is 0 Å². The van der Waals surface area contributed by atoms with Crippen LogP contribution in [0, 0.1) is 0 Å². The summed E-state index contributed by atoms with van der Waals surface area (Å²) in [6, 6.07) is 0. The lowest BCUT2D eigenvalue weighted by Gasteiger charge is -2.18. The molecule has 0 fully saturated rings. The Bertz CT molecular complexity index is 243. The van der Waals surface area contributed by atoms with Gasteiger partial charge in [0.25, 0.3) is 0 Å². The lowest BCUT2D eigenvalue weighted by molar-refractivity contribution is 0.0864. The first-order valence-electron chi connectivity index (χ1n) is 8.57. The van der Waals surface area contributed by atoms with Crippen molar-refractivity contribution in [2.24, 2.45) is 0 Å². The summed E-state index contributed by atoms with van der Waals surface area (Å²) >= 11 is 0. The highest BCUT2D eigenvalue weighted by Gasteiger charge is 2.13. The summed E-state index contributed by atoms with van der Waals surface area (Å²) in [5.41, 5.74) is 0. The minimum atomic E-state index is -0.268. The Balaban J connectivity index is 0. The van der Waals surface area contributed by atoms with Crippen molar-refractivity contribution in [2.45, 2.75) is 72.3 Å². The molecule has 0 heterocycles. The van der Waals surface area contributed by atoms with E-state index in [1.165, 1.54) is 0 Å². The number of ether oxygens (including phenoxy) is 1. The van der Waals surface area contributed by atoms with E-state index in [-0.39, 0.29) is 12.2 Å². The van der Waals surface area contributed by atoms with E-state index >= 15 is 0 Å². The average Bonchev–Trinajstić information content (AvgIpc) is 2.50. The molecule has 0 aromatic heterocycles. The molecule has 1 rings (SSSR count). The molecule has 0 aromatic rings. The largest absolute Gasteiger partial charge is 0.446 e. The number of amides is 1. The Labute approximate surface area is 131 Å². The van der Waals surface area contributed by atoms with Crippen molar-refractivity contribution in [3.05, 3.63) is 12.2 Å². The normalized spacial score (nSPS) is 18.6. The molecule has 0 bridgehead atoms. The number of nitrogens with one attached hydrogen (secondary N) is 2. The Morgan fingerprint density at radius 2 is 1.76 bits per heavy atom. The second-order valence-electron chi connectivity index (χ2n) is 4.39. The molecule has 1 amide bonds. The van der Waals surface area contributed by atoms with Crippen molar-refractivity contribution in [2.75, 3.05) is 20.1 Å². The number of carbonyl (C=O) groups excluding carboxylic acids is 1. The smallest absolute Gasteiger partial charge is 0.407 e. The predicted octanol–water partition coefficient (Wildman–Crippen LogP) is 4.26. The van der Waals surface area contributed by atoms with Gasteiger partial charge in [0.05, 0.1) is 0 Å². The van der Waals surface area contributed by atoms with Crippen LogP contribution in [0.1, 0.15) is 66.2 Å². The minimum Gasteiger partial charge on any atom is -0.446 e. The molecular formula is C17H36N2O2. The highest BCUT2D eigenvalue weighted by molar-refractivity contribution is 5.67. The van der Waals surface area contributed by atoms with Crippen molar-refractivity contribution in [1.29, 1.82) is 0 Å². The van der Waals surface area contributed by atoms with Crippen molar-refractivity contribution in [3.63, 3.8) is 0 Å². The fourth-order valence-electron chi connectivity index (χ4n) is 1.89. The second-order valence-corrected chi connectivity index (χ2v) is 4.39. The number of rotatable bonds is 5. The molecule has 0 aromatic carbocycles. The van der Waals surface area contributed by atoms with E-state index < -0.39 is 0 Å². The maximum Gasteiger partial charge on any atom is 0.407 e. The van der Waals surface area contributed by atoms with Crippen LogP contribution in [0.2, 0.25) is 0 Å². The van der Waals surface area contributed by atoms with E-state index in [2.05, 4.69) is 22.8 Å². The third kappa shape index (κ3) is 15.2. The first-order valence-corrected chi connectivity index (χ1v) is 8.57. The molecule has 4 nitrogen and oxygen atoms in total. The number of alkyl carbamates (subject to hydrolysis) is 1. The molecule has 0 aliphatic heterocycles. The summed E-state index contributed by atoms with van der Waals surface area (Å²) in [7, 11) is 1.90. The number of allylic oxidation sites excluding steroid dienone is 2. The fraction of sp³-hybridized carbons (Fsp3) is 0.824. The van der Waals surface area contributed by atoms with Gasteiger partial charge in [0, 0.05) is 6.54 Å². The van der Waals surface area contributed by atoms with Gasteiger partial charge in [-0.05, 0) is 52.1 Å². The molecule has 0 radical (unpaired) electrons. The molecule has 4 heteroatoms. The molecule has 1 aliphatic rings. The van der Waals surface area contributed by atoms with E-state index in [1.807, 2.05) is 34.7 Å². The summed E-state index contributed by atoms with van der Waals surface area (Å²) in [5, 5.41) is 5.82. The van der Waals surface area contributed by atoms with E-state index in [4.69, 9.17) is 4.74 Å². The first kappa shape index (κ1) is 22.3. The van der Waals surface area contributed by atoms with Gasteiger partial charge in [0.15, 0.2) is 0 Å². The van der Waals surface area contributed by atoms with Crippen LogP contribution >= 0.6 is 0 Å². The summed E-state index contributed by atoms with van der Waals surface area (Å²) in [6.07, 6.45) is 10.3. The molecule has 1 aliphatic carbocycles. The molecule has 21 heavy (non-hydrogen) atoms. The van der Waals surface area contributed by atoms with Gasteiger partial charge >= 0.3 is 6.09 Å². The standard InChI is InChI=1S/C13H24N2O2.2C2H6/c1-14-10-7-11-15-13(16)17-12-8-5-3-2-4-6-9-12;2*1-2/h2-3,12,14H,4-11H2,1H3,(H,15,16);2*1-2H3/b3-2+;;. The lowest BCUT2D eigenvalue weighted by Crippen LogP contribution is -2.31. The summed E-state index contributed by atoms with van der Waals surface area (Å²) in [5.74, 6) is 0. The zero-order valence-corrected chi connectivity index (χ0v) is 14.7. The molecule has 2 N–H and O–H groups in total. The number of hydrogen-bond donors (Lipinski definition) is 2. The van der Waals surface area contributed by atoms with Gasteiger partial charge in [-0.2, -0.15) is 0 Å². The average molecular weight is 300 g/mol. The van der Waals surface area contributed by atoms with Gasteiger partial charge in [-0.3, -0.25) is 0 Å². The third-order valence-corrected chi connectivity index (χ3v) is 2.87. The lowest BCUT2D eigenvalue weighted by atomic mass is 10.0. The van der Waals surface area contributed by atoms with Crippen LogP contribution in [-0.2, 0) is 4.74 Å². The van der Waals surface area contributed by atoms with E-state index in [0.717, 1.165) is 45.1 Å². The minimum absolute atomic E-state index is 0.0873. The predicted molar refractivity (Wildman–Crippen MR) is 91.7 cm³/mol. The van der Waals surface area contributed by atoms with Crippen molar-refractivity contribution < 1.29 is 9.53 Å². The van der Waals surface area contributed by atoms with Crippen molar-refractivity contribution >= 4 is 6.09 Å². The van der Waals surface area contributed by atoms with Gasteiger partial charge in [-0.25, -0.2) is 4.79 Å². The van der Waals surface area contributed by atoms with Crippen LogP contribution < -0.4 is 10.6 Å². The van der Waals surface area contributed by atoms with Gasteiger partial charge < -0.3 is 15.4 Å². The third-order valence-electron chi connectivity index (χ3n) is 2.87. The summed E-state index contributed by atoms with van der Waals surface area (Å²) in [4.78, 5) is 11.5. The zero-order valence-electron chi connectivity index (χ0n) is 14.7. The highest BCUT2D eigenvalue weighted by atomic mass is 16.6. The van der Waals surface area contributed by atoms with Gasteiger partial charge in [-0.1, -0.05) is 39.8 Å². The molecule has 1 atom stereocenters. The maximum atomic E-state index is 11.5. The summed E-state index contributed by atoms with van der Waals surface area (Å²) < 4.78 is 5.40. The quantitative estimate of drug-likeness (QED) is 0.589. The molecular weight excluding hydrogens is 264 g/mol. The number of hydrogen-bond acceptors (Lipinski definition) is 3. The van der Waals surface area contributed by atoms with Crippen molar-refractivity contribution in [3.8, 4) is 0 Å². The maximum absolute atomic E-state index is 11.5. The number of carbonyl (C=O) groups is 1. The van der Waals surface area contributed by atoms with Crippen molar-refractivity contribution in [1.82, 2.24) is 10.6 Å².